The summed E-state index contributed by atoms with van der Waals surface area (Å²) in [5.74, 6) is -0.550. The molecule has 9 heteroatoms. The van der Waals surface area contributed by atoms with Gasteiger partial charge in [-0.25, -0.2) is 0 Å². The Bertz CT molecular complexity index is 897. The van der Waals surface area contributed by atoms with Gasteiger partial charge in [0.15, 0.2) is 0 Å². The molecule has 0 aliphatic rings. The zero-order valence-electron chi connectivity index (χ0n) is 13.9. The van der Waals surface area contributed by atoms with E-state index < -0.39 is 23.2 Å². The van der Waals surface area contributed by atoms with Crippen molar-refractivity contribution in [1.82, 2.24) is 15.5 Å². The Labute approximate surface area is 156 Å². The third-order valence-corrected chi connectivity index (χ3v) is 4.42. The monoisotopic (exact) mass is 393 g/mol. The predicted octanol–water partition coefficient (Wildman–Crippen LogP) is 4.03. The number of carbonyl (C=O) groups is 1. The third-order valence-electron chi connectivity index (χ3n) is 3.53. The first-order valence-corrected chi connectivity index (χ1v) is 8.78. The van der Waals surface area contributed by atoms with Crippen LogP contribution in [-0.2, 0) is 6.18 Å². The smallest absolute Gasteiger partial charge is 0.417 e. The summed E-state index contributed by atoms with van der Waals surface area (Å²) in [6, 6.07) is 11.8. The summed E-state index contributed by atoms with van der Waals surface area (Å²) in [6.45, 7) is 0.0757. The first-order chi connectivity index (χ1) is 12.9. The molecule has 0 saturated carbocycles. The van der Waals surface area contributed by atoms with Gasteiger partial charge in [-0.2, -0.15) is 13.2 Å². The highest BCUT2D eigenvalue weighted by Gasteiger charge is 2.34. The Hall–Kier alpha value is -2.94. The molecule has 2 aromatic heterocycles. The van der Waals surface area contributed by atoms with Crippen LogP contribution in [0.15, 0.2) is 53.9 Å². The molecule has 0 atom stereocenters. The molecule has 2 heterocycles. The van der Waals surface area contributed by atoms with Crippen molar-refractivity contribution >= 4 is 17.2 Å². The van der Waals surface area contributed by atoms with Gasteiger partial charge >= 0.3 is 6.18 Å². The molecule has 3 rings (SSSR count). The van der Waals surface area contributed by atoms with E-state index in [0.29, 0.717) is 0 Å². The second kappa shape index (κ2) is 8.17. The van der Waals surface area contributed by atoms with E-state index in [-0.39, 0.29) is 19.0 Å². The number of hydrogen-bond acceptors (Lipinski definition) is 5. The lowest BCUT2D eigenvalue weighted by Crippen LogP contribution is -2.30. The molecular weight excluding hydrogens is 379 g/mol. The maximum absolute atomic E-state index is 12.9. The van der Waals surface area contributed by atoms with Gasteiger partial charge in [-0.15, -0.1) is 21.5 Å². The molecule has 3 aromatic rings. The largest absolute Gasteiger partial charge is 0.475 e. The number of halogens is 3. The van der Waals surface area contributed by atoms with Gasteiger partial charge in [0, 0.05) is 6.07 Å². The summed E-state index contributed by atoms with van der Waals surface area (Å²) < 4.78 is 44.2. The van der Waals surface area contributed by atoms with Gasteiger partial charge in [0.1, 0.15) is 12.3 Å². The normalized spacial score (nSPS) is 11.2. The van der Waals surface area contributed by atoms with Crippen molar-refractivity contribution < 1.29 is 22.7 Å². The molecule has 27 heavy (non-hydrogen) atoms. The van der Waals surface area contributed by atoms with Crippen molar-refractivity contribution in [3.05, 3.63) is 65.0 Å². The molecular formula is C18H14F3N3O2S. The van der Waals surface area contributed by atoms with Crippen LogP contribution in [0.5, 0.6) is 5.88 Å². The van der Waals surface area contributed by atoms with Crippen molar-refractivity contribution in [3.63, 3.8) is 0 Å². The number of nitrogens with one attached hydrogen (secondary N) is 1. The summed E-state index contributed by atoms with van der Waals surface area (Å²) >= 11 is 1.54. The van der Waals surface area contributed by atoms with Crippen LogP contribution in [0.4, 0.5) is 13.2 Å². The zero-order chi connectivity index (χ0) is 19.3. The number of hydrogen-bond donors (Lipinski definition) is 1. The lowest BCUT2D eigenvalue weighted by molar-refractivity contribution is -0.137. The topological polar surface area (TPSA) is 64.1 Å². The van der Waals surface area contributed by atoms with Crippen molar-refractivity contribution in [3.8, 4) is 16.5 Å². The van der Waals surface area contributed by atoms with E-state index in [9.17, 15) is 18.0 Å². The Balaban J connectivity index is 1.51. The number of amides is 1. The zero-order valence-corrected chi connectivity index (χ0v) is 14.7. The quantitative estimate of drug-likeness (QED) is 0.642. The molecule has 1 amide bonds. The van der Waals surface area contributed by atoms with Gasteiger partial charge in [-0.05, 0) is 29.6 Å². The number of benzene rings is 1. The predicted molar refractivity (Wildman–Crippen MR) is 94.6 cm³/mol. The van der Waals surface area contributed by atoms with Crippen LogP contribution >= 0.6 is 11.3 Å². The van der Waals surface area contributed by atoms with Gasteiger partial charge in [-0.3, -0.25) is 4.79 Å². The van der Waals surface area contributed by atoms with Gasteiger partial charge < -0.3 is 10.1 Å². The Morgan fingerprint density at radius 2 is 1.89 bits per heavy atom. The number of aromatic nitrogens is 2. The highest BCUT2D eigenvalue weighted by Crippen LogP contribution is 2.31. The Morgan fingerprint density at radius 1 is 1.07 bits per heavy atom. The van der Waals surface area contributed by atoms with E-state index in [2.05, 4.69) is 15.5 Å². The van der Waals surface area contributed by atoms with E-state index in [0.717, 1.165) is 22.7 Å². The minimum absolute atomic E-state index is 0.0272. The van der Waals surface area contributed by atoms with Gasteiger partial charge in [-0.1, -0.05) is 18.2 Å². The van der Waals surface area contributed by atoms with Crippen LogP contribution in [0, 0.1) is 0 Å². The number of alkyl halides is 3. The van der Waals surface area contributed by atoms with Crippen molar-refractivity contribution in [2.24, 2.45) is 0 Å². The molecule has 0 fully saturated rings. The molecule has 140 valence electrons. The first-order valence-electron chi connectivity index (χ1n) is 7.90. The SMILES string of the molecule is O=C(NCCOc1ccc(-c2cccs2)nn1)c1ccccc1C(F)(F)F. The molecule has 0 bridgehead atoms. The number of nitrogens with zero attached hydrogens (tertiary/aromatic N) is 2. The minimum atomic E-state index is -4.59. The third kappa shape index (κ3) is 4.82. The maximum Gasteiger partial charge on any atom is 0.417 e. The molecule has 1 aromatic carbocycles. The number of thiophene rings is 1. The average Bonchev–Trinajstić information content (AvgIpc) is 3.19. The van der Waals surface area contributed by atoms with Crippen LogP contribution in [0.1, 0.15) is 15.9 Å². The van der Waals surface area contributed by atoms with E-state index in [1.807, 2.05) is 17.5 Å². The van der Waals surface area contributed by atoms with Crippen LogP contribution in [0.3, 0.4) is 0 Å². The van der Waals surface area contributed by atoms with Gasteiger partial charge in [0.05, 0.1) is 22.5 Å². The number of ether oxygens (including phenoxy) is 1. The van der Waals surface area contributed by atoms with Crippen LogP contribution in [-0.4, -0.2) is 29.3 Å². The second-order valence-electron chi connectivity index (χ2n) is 5.38. The molecule has 5 nitrogen and oxygen atoms in total. The molecule has 0 spiro atoms. The van der Waals surface area contributed by atoms with Gasteiger partial charge in [0.25, 0.3) is 5.91 Å². The summed E-state index contributed by atoms with van der Waals surface area (Å²) in [6.07, 6.45) is -4.59. The fraction of sp³-hybridized carbons (Fsp3) is 0.167. The summed E-state index contributed by atoms with van der Waals surface area (Å²) in [4.78, 5) is 13.0. The highest BCUT2D eigenvalue weighted by atomic mass is 32.1. The molecule has 0 aliphatic carbocycles. The molecule has 0 unspecified atom stereocenters. The Kier molecular flexibility index (Phi) is 5.70. The van der Waals surface area contributed by atoms with E-state index in [4.69, 9.17) is 4.74 Å². The van der Waals surface area contributed by atoms with E-state index in [1.165, 1.54) is 23.5 Å². The van der Waals surface area contributed by atoms with Crippen molar-refractivity contribution in [1.29, 1.82) is 0 Å². The fourth-order valence-electron chi connectivity index (χ4n) is 2.30. The van der Waals surface area contributed by atoms with E-state index >= 15 is 0 Å². The molecule has 0 radical (unpaired) electrons. The number of rotatable bonds is 6. The standard InChI is InChI=1S/C18H14F3N3O2S/c19-18(20,21)13-5-2-1-4-12(13)17(25)22-9-10-26-16-8-7-14(23-24-16)15-6-3-11-27-15/h1-8,11H,9-10H2,(H,22,25). The molecule has 1 N–H and O–H groups in total. The minimum Gasteiger partial charge on any atom is -0.475 e. The Morgan fingerprint density at radius 3 is 2.56 bits per heavy atom. The highest BCUT2D eigenvalue weighted by molar-refractivity contribution is 7.13. The molecule has 0 saturated heterocycles. The summed E-state index contributed by atoms with van der Waals surface area (Å²) in [5.41, 5.74) is -0.682. The summed E-state index contributed by atoms with van der Waals surface area (Å²) in [7, 11) is 0. The number of carbonyl (C=O) groups excluding carboxylic acids is 1. The lowest BCUT2D eigenvalue weighted by Gasteiger charge is -2.12. The van der Waals surface area contributed by atoms with Gasteiger partial charge in [0.2, 0.25) is 5.88 Å². The van der Waals surface area contributed by atoms with Crippen molar-refractivity contribution in [2.75, 3.05) is 13.2 Å². The second-order valence-corrected chi connectivity index (χ2v) is 6.33. The maximum atomic E-state index is 12.9. The fourth-order valence-corrected chi connectivity index (χ4v) is 2.99. The van der Waals surface area contributed by atoms with E-state index in [1.54, 1.807) is 12.1 Å². The van der Waals surface area contributed by atoms with Crippen LogP contribution in [0.25, 0.3) is 10.6 Å². The molecule has 0 aliphatic heterocycles. The lowest BCUT2D eigenvalue weighted by atomic mass is 10.1. The average molecular weight is 393 g/mol. The van der Waals surface area contributed by atoms with Crippen LogP contribution < -0.4 is 10.1 Å². The first kappa shape index (κ1) is 18.8. The summed E-state index contributed by atoms with van der Waals surface area (Å²) in [5, 5.41) is 12.3. The van der Waals surface area contributed by atoms with Crippen molar-refractivity contribution in [2.45, 2.75) is 6.18 Å². The van der Waals surface area contributed by atoms with Crippen LogP contribution in [0.2, 0.25) is 0 Å².